The fraction of sp³-hybridized carbons (Fsp3) is 0.0556. The van der Waals surface area contributed by atoms with E-state index in [2.05, 4.69) is 20.6 Å². The first kappa shape index (κ1) is 18.1. The van der Waals surface area contributed by atoms with Crippen LogP contribution in [0.5, 0.6) is 0 Å². The van der Waals surface area contributed by atoms with Gasteiger partial charge in [-0.3, -0.25) is 4.79 Å². The van der Waals surface area contributed by atoms with Crippen LogP contribution in [-0.2, 0) is 6.54 Å². The van der Waals surface area contributed by atoms with Crippen LogP contribution in [-0.4, -0.2) is 15.9 Å². The van der Waals surface area contributed by atoms with Gasteiger partial charge in [0.05, 0.1) is 10.7 Å². The minimum atomic E-state index is -0.448. The van der Waals surface area contributed by atoms with Crippen molar-refractivity contribution in [1.82, 2.24) is 15.3 Å². The van der Waals surface area contributed by atoms with Gasteiger partial charge in [0, 0.05) is 23.3 Å². The second-order valence-electron chi connectivity index (χ2n) is 5.29. The molecule has 0 radical (unpaired) electrons. The van der Waals surface area contributed by atoms with Crippen molar-refractivity contribution in [3.63, 3.8) is 0 Å². The van der Waals surface area contributed by atoms with E-state index in [1.165, 1.54) is 18.3 Å². The maximum atomic E-state index is 13.6. The van der Waals surface area contributed by atoms with Crippen molar-refractivity contribution in [2.75, 3.05) is 5.32 Å². The van der Waals surface area contributed by atoms with Crippen molar-refractivity contribution in [3.8, 4) is 0 Å². The third-order valence-corrected chi connectivity index (χ3v) is 4.03. The number of hydrogen-bond acceptors (Lipinski definition) is 4. The Balaban J connectivity index is 1.71. The molecule has 0 fully saturated rings. The second-order valence-corrected chi connectivity index (χ2v) is 6.13. The molecule has 5 nitrogen and oxygen atoms in total. The van der Waals surface area contributed by atoms with E-state index in [1.54, 1.807) is 36.4 Å². The lowest BCUT2D eigenvalue weighted by Gasteiger charge is -2.09. The summed E-state index contributed by atoms with van der Waals surface area (Å²) < 4.78 is 13.6. The summed E-state index contributed by atoms with van der Waals surface area (Å²) in [5.74, 6) is -0.642. The summed E-state index contributed by atoms with van der Waals surface area (Å²) in [6, 6.07) is 12.6. The topological polar surface area (TPSA) is 66.9 Å². The number of halogens is 3. The lowest BCUT2D eigenvalue weighted by atomic mass is 10.2. The fourth-order valence-corrected chi connectivity index (χ4v) is 2.50. The standard InChI is InChI=1S/C18H13Cl2FN4O/c19-12-5-6-13(20)16(9-12)25-18-22-8-7-15(24-18)17(26)23-10-11-3-1-2-4-14(11)21/h1-9H,10H2,(H,23,26)(H,22,24,25). The molecule has 0 aliphatic rings. The Kier molecular flexibility index (Phi) is 5.65. The Morgan fingerprint density at radius 1 is 1.12 bits per heavy atom. The van der Waals surface area contributed by atoms with Crippen molar-refractivity contribution in [1.29, 1.82) is 0 Å². The van der Waals surface area contributed by atoms with Crippen molar-refractivity contribution in [2.45, 2.75) is 6.54 Å². The summed E-state index contributed by atoms with van der Waals surface area (Å²) in [5, 5.41) is 6.47. The van der Waals surface area contributed by atoms with Crippen LogP contribution in [0.1, 0.15) is 16.1 Å². The maximum absolute atomic E-state index is 13.6. The van der Waals surface area contributed by atoms with E-state index in [-0.39, 0.29) is 24.0 Å². The Labute approximate surface area is 159 Å². The van der Waals surface area contributed by atoms with Crippen molar-refractivity contribution >= 4 is 40.7 Å². The Morgan fingerprint density at radius 2 is 1.92 bits per heavy atom. The predicted molar refractivity (Wildman–Crippen MR) is 99.3 cm³/mol. The average Bonchev–Trinajstić information content (AvgIpc) is 2.64. The van der Waals surface area contributed by atoms with Gasteiger partial charge in [0.15, 0.2) is 0 Å². The molecule has 2 N–H and O–H groups in total. The fourth-order valence-electron chi connectivity index (χ4n) is 2.17. The summed E-state index contributed by atoms with van der Waals surface area (Å²) in [4.78, 5) is 20.5. The third-order valence-electron chi connectivity index (χ3n) is 3.46. The SMILES string of the molecule is O=C(NCc1ccccc1F)c1ccnc(Nc2cc(Cl)ccc2Cl)n1. The first-order valence-electron chi connectivity index (χ1n) is 7.59. The molecule has 0 aliphatic carbocycles. The molecule has 0 bridgehead atoms. The molecule has 0 atom stereocenters. The van der Waals surface area contributed by atoms with Gasteiger partial charge in [-0.25, -0.2) is 14.4 Å². The highest BCUT2D eigenvalue weighted by atomic mass is 35.5. The van der Waals surface area contributed by atoms with Crippen molar-refractivity contribution in [3.05, 3.63) is 81.8 Å². The van der Waals surface area contributed by atoms with Crippen molar-refractivity contribution in [2.24, 2.45) is 0 Å². The monoisotopic (exact) mass is 390 g/mol. The molecule has 0 unspecified atom stereocenters. The van der Waals surface area contributed by atoms with Gasteiger partial charge in [0.25, 0.3) is 5.91 Å². The summed E-state index contributed by atoms with van der Waals surface area (Å²) in [5.41, 5.74) is 1.04. The molecule has 1 aromatic heterocycles. The molecular formula is C18H13Cl2FN4O. The lowest BCUT2D eigenvalue weighted by Crippen LogP contribution is -2.24. The van der Waals surface area contributed by atoms with E-state index in [0.29, 0.717) is 21.3 Å². The molecule has 1 heterocycles. The number of carbonyl (C=O) groups is 1. The summed E-state index contributed by atoms with van der Waals surface area (Å²) in [6.45, 7) is 0.0540. The van der Waals surface area contributed by atoms with Crippen LogP contribution >= 0.6 is 23.2 Å². The summed E-state index contributed by atoms with van der Waals surface area (Å²) in [6.07, 6.45) is 1.44. The molecule has 3 rings (SSSR count). The van der Waals surface area contributed by atoms with Crippen LogP contribution in [0, 0.1) is 5.82 Å². The molecule has 0 spiro atoms. The Bertz CT molecular complexity index is 952. The maximum Gasteiger partial charge on any atom is 0.270 e. The van der Waals surface area contributed by atoms with Gasteiger partial charge in [-0.2, -0.15) is 0 Å². The molecule has 8 heteroatoms. The number of hydrogen-bond donors (Lipinski definition) is 2. The number of anilines is 2. The average molecular weight is 391 g/mol. The highest BCUT2D eigenvalue weighted by molar-refractivity contribution is 6.35. The minimum absolute atomic E-state index is 0.0540. The zero-order valence-electron chi connectivity index (χ0n) is 13.3. The van der Waals surface area contributed by atoms with E-state index in [1.807, 2.05) is 0 Å². The molecule has 0 saturated heterocycles. The molecule has 1 amide bonds. The van der Waals surface area contributed by atoms with Gasteiger partial charge >= 0.3 is 0 Å². The predicted octanol–water partition coefficient (Wildman–Crippen LogP) is 4.60. The molecule has 0 saturated carbocycles. The van der Waals surface area contributed by atoms with Crippen LogP contribution < -0.4 is 10.6 Å². The lowest BCUT2D eigenvalue weighted by molar-refractivity contribution is 0.0945. The number of carbonyl (C=O) groups excluding carboxylic acids is 1. The van der Waals surface area contributed by atoms with Gasteiger partial charge in [0.1, 0.15) is 11.5 Å². The Morgan fingerprint density at radius 3 is 2.73 bits per heavy atom. The van der Waals surface area contributed by atoms with Gasteiger partial charge in [0.2, 0.25) is 5.95 Å². The largest absolute Gasteiger partial charge is 0.347 e. The van der Waals surface area contributed by atoms with Gasteiger partial charge < -0.3 is 10.6 Å². The highest BCUT2D eigenvalue weighted by Crippen LogP contribution is 2.27. The normalized spacial score (nSPS) is 10.4. The van der Waals surface area contributed by atoms with Crippen LogP contribution in [0.2, 0.25) is 10.0 Å². The van der Waals surface area contributed by atoms with Gasteiger partial charge in [-0.1, -0.05) is 41.4 Å². The van der Waals surface area contributed by atoms with E-state index >= 15 is 0 Å². The van der Waals surface area contributed by atoms with Crippen molar-refractivity contribution < 1.29 is 9.18 Å². The third kappa shape index (κ3) is 4.47. The van der Waals surface area contributed by atoms with Crippen LogP contribution in [0.15, 0.2) is 54.7 Å². The van der Waals surface area contributed by atoms with Crippen LogP contribution in [0.25, 0.3) is 0 Å². The first-order valence-corrected chi connectivity index (χ1v) is 8.35. The number of nitrogens with zero attached hydrogens (tertiary/aromatic N) is 2. The van der Waals surface area contributed by atoms with Crippen LogP contribution in [0.4, 0.5) is 16.0 Å². The highest BCUT2D eigenvalue weighted by Gasteiger charge is 2.11. The van der Waals surface area contributed by atoms with Gasteiger partial charge in [-0.05, 0) is 30.3 Å². The van der Waals surface area contributed by atoms with E-state index in [9.17, 15) is 9.18 Å². The number of aromatic nitrogens is 2. The molecule has 132 valence electrons. The molecule has 3 aromatic rings. The number of amides is 1. The van der Waals surface area contributed by atoms with Crippen LogP contribution in [0.3, 0.4) is 0 Å². The molecule has 26 heavy (non-hydrogen) atoms. The Hall–Kier alpha value is -2.70. The molecular weight excluding hydrogens is 378 g/mol. The van der Waals surface area contributed by atoms with E-state index in [4.69, 9.17) is 23.2 Å². The van der Waals surface area contributed by atoms with Gasteiger partial charge in [-0.15, -0.1) is 0 Å². The summed E-state index contributed by atoms with van der Waals surface area (Å²) >= 11 is 12.0. The second kappa shape index (κ2) is 8.12. The number of nitrogens with one attached hydrogen (secondary N) is 2. The first-order chi connectivity index (χ1) is 12.5. The molecule has 2 aromatic carbocycles. The molecule has 0 aliphatic heterocycles. The van der Waals surface area contributed by atoms with E-state index < -0.39 is 5.91 Å². The number of benzene rings is 2. The quantitative estimate of drug-likeness (QED) is 0.668. The minimum Gasteiger partial charge on any atom is -0.347 e. The zero-order valence-corrected chi connectivity index (χ0v) is 14.9. The number of rotatable bonds is 5. The zero-order chi connectivity index (χ0) is 18.5. The van der Waals surface area contributed by atoms with E-state index in [0.717, 1.165) is 0 Å². The smallest absolute Gasteiger partial charge is 0.270 e. The summed E-state index contributed by atoms with van der Waals surface area (Å²) in [7, 11) is 0.